The first-order valence-corrected chi connectivity index (χ1v) is 7.66. The lowest BCUT2D eigenvalue weighted by Crippen LogP contribution is -2.01. The van der Waals surface area contributed by atoms with E-state index in [0.717, 1.165) is 32.8 Å². The molecule has 0 aliphatic rings. The van der Waals surface area contributed by atoms with E-state index in [1.165, 1.54) is 0 Å². The maximum absolute atomic E-state index is 5.70. The van der Waals surface area contributed by atoms with Crippen molar-refractivity contribution >= 4 is 32.7 Å². The molecular formula is C16H16BrN3O. The Labute approximate surface area is 131 Å². The first-order valence-electron chi connectivity index (χ1n) is 6.86. The summed E-state index contributed by atoms with van der Waals surface area (Å²) in [5, 5.41) is 3.35. The Balaban J connectivity index is 1.76. The molecular weight excluding hydrogens is 330 g/mol. The molecule has 0 atom stereocenters. The Bertz CT molecular complexity index is 750. The van der Waals surface area contributed by atoms with Gasteiger partial charge in [0.25, 0.3) is 0 Å². The summed E-state index contributed by atoms with van der Waals surface area (Å²) in [5.74, 6) is 1.07. The predicted octanol–water partition coefficient (Wildman–Crippen LogP) is 4.72. The van der Waals surface area contributed by atoms with Crippen molar-refractivity contribution in [2.45, 2.75) is 26.3 Å². The molecule has 0 amide bonds. The van der Waals surface area contributed by atoms with E-state index in [4.69, 9.17) is 4.42 Å². The molecule has 0 fully saturated rings. The van der Waals surface area contributed by atoms with Crippen molar-refractivity contribution < 1.29 is 4.42 Å². The minimum Gasteiger partial charge on any atom is -0.440 e. The van der Waals surface area contributed by atoms with Gasteiger partial charge in [0.15, 0.2) is 11.5 Å². The van der Waals surface area contributed by atoms with Gasteiger partial charge in [0.1, 0.15) is 5.52 Å². The molecule has 1 N–H and O–H groups in total. The third-order valence-corrected chi connectivity index (χ3v) is 3.63. The van der Waals surface area contributed by atoms with Crippen molar-refractivity contribution in [3.8, 4) is 0 Å². The fraction of sp³-hybridized carbons (Fsp3) is 0.250. The van der Waals surface area contributed by atoms with E-state index in [-0.39, 0.29) is 0 Å². The van der Waals surface area contributed by atoms with Crippen LogP contribution in [-0.2, 0) is 6.54 Å². The topological polar surface area (TPSA) is 51.0 Å². The SMILES string of the molecule is CC(C)c1nc2cc(NCc3ccc(Br)cn3)ccc2o1. The van der Waals surface area contributed by atoms with E-state index in [1.807, 2.05) is 30.3 Å². The molecule has 5 heteroatoms. The van der Waals surface area contributed by atoms with E-state index in [9.17, 15) is 0 Å². The molecule has 2 aromatic heterocycles. The highest BCUT2D eigenvalue weighted by Crippen LogP contribution is 2.24. The van der Waals surface area contributed by atoms with Crippen LogP contribution in [0, 0.1) is 0 Å². The summed E-state index contributed by atoms with van der Waals surface area (Å²) in [6.45, 7) is 4.82. The number of hydrogen-bond donors (Lipinski definition) is 1. The molecule has 0 radical (unpaired) electrons. The zero-order valence-electron chi connectivity index (χ0n) is 11.9. The van der Waals surface area contributed by atoms with Gasteiger partial charge in [0.05, 0.1) is 12.2 Å². The number of nitrogens with zero attached hydrogens (tertiary/aromatic N) is 2. The number of pyridine rings is 1. The van der Waals surface area contributed by atoms with Crippen LogP contribution in [0.2, 0.25) is 0 Å². The van der Waals surface area contributed by atoms with E-state index in [2.05, 4.69) is 45.1 Å². The summed E-state index contributed by atoms with van der Waals surface area (Å²) >= 11 is 3.38. The number of halogens is 1. The van der Waals surface area contributed by atoms with Crippen molar-refractivity contribution in [1.82, 2.24) is 9.97 Å². The number of nitrogens with one attached hydrogen (secondary N) is 1. The van der Waals surface area contributed by atoms with E-state index < -0.39 is 0 Å². The van der Waals surface area contributed by atoms with E-state index >= 15 is 0 Å². The third-order valence-electron chi connectivity index (χ3n) is 3.16. The molecule has 0 aliphatic heterocycles. The van der Waals surface area contributed by atoms with E-state index in [1.54, 1.807) is 6.20 Å². The predicted molar refractivity (Wildman–Crippen MR) is 87.4 cm³/mol. The molecule has 0 saturated heterocycles. The largest absolute Gasteiger partial charge is 0.440 e. The zero-order valence-corrected chi connectivity index (χ0v) is 13.5. The molecule has 3 aromatic rings. The van der Waals surface area contributed by atoms with E-state index in [0.29, 0.717) is 12.5 Å². The summed E-state index contributed by atoms with van der Waals surface area (Å²) in [6, 6.07) is 9.92. The fourth-order valence-electron chi connectivity index (χ4n) is 2.01. The summed E-state index contributed by atoms with van der Waals surface area (Å²) in [4.78, 5) is 8.85. The Morgan fingerprint density at radius 3 is 2.81 bits per heavy atom. The van der Waals surface area contributed by atoms with Gasteiger partial charge >= 0.3 is 0 Å². The molecule has 2 heterocycles. The van der Waals surface area contributed by atoms with Crippen LogP contribution in [0.1, 0.15) is 31.4 Å². The van der Waals surface area contributed by atoms with Crippen molar-refractivity contribution in [3.63, 3.8) is 0 Å². The van der Waals surface area contributed by atoms with Crippen molar-refractivity contribution in [1.29, 1.82) is 0 Å². The van der Waals surface area contributed by atoms with Crippen LogP contribution in [0.15, 0.2) is 45.4 Å². The molecule has 3 rings (SSSR count). The van der Waals surface area contributed by atoms with Gasteiger partial charge in [-0.1, -0.05) is 13.8 Å². The van der Waals surface area contributed by atoms with Gasteiger partial charge in [-0.15, -0.1) is 0 Å². The number of rotatable bonds is 4. The second-order valence-corrected chi connectivity index (χ2v) is 6.13. The number of fused-ring (bicyclic) bond motifs is 1. The quantitative estimate of drug-likeness (QED) is 0.743. The minimum absolute atomic E-state index is 0.292. The van der Waals surface area contributed by atoms with Crippen LogP contribution in [0.4, 0.5) is 5.69 Å². The molecule has 0 aliphatic carbocycles. The Hall–Kier alpha value is -1.88. The maximum Gasteiger partial charge on any atom is 0.198 e. The van der Waals surface area contributed by atoms with Gasteiger partial charge in [-0.2, -0.15) is 0 Å². The standard InChI is InChI=1S/C16H16BrN3O/c1-10(2)16-20-14-7-12(5-6-15(14)21-16)19-9-13-4-3-11(17)8-18-13/h3-8,10,19H,9H2,1-2H3. The summed E-state index contributed by atoms with van der Waals surface area (Å²) in [6.07, 6.45) is 1.80. The average Bonchev–Trinajstić information content (AvgIpc) is 2.90. The van der Waals surface area contributed by atoms with Gasteiger partial charge in [0.2, 0.25) is 0 Å². The van der Waals surface area contributed by atoms with Crippen LogP contribution in [0.5, 0.6) is 0 Å². The highest BCUT2D eigenvalue weighted by atomic mass is 79.9. The second kappa shape index (κ2) is 5.85. The minimum atomic E-state index is 0.292. The Kier molecular flexibility index (Phi) is 3.92. The molecule has 1 aromatic carbocycles. The lowest BCUT2D eigenvalue weighted by molar-refractivity contribution is 0.501. The molecule has 0 unspecified atom stereocenters. The second-order valence-electron chi connectivity index (χ2n) is 5.21. The number of benzene rings is 1. The molecule has 0 saturated carbocycles. The lowest BCUT2D eigenvalue weighted by Gasteiger charge is -2.05. The molecule has 0 bridgehead atoms. The number of oxazole rings is 1. The van der Waals surface area contributed by atoms with Gasteiger partial charge in [-0.05, 0) is 46.3 Å². The highest BCUT2D eigenvalue weighted by Gasteiger charge is 2.09. The van der Waals surface area contributed by atoms with Gasteiger partial charge in [-0.25, -0.2) is 4.98 Å². The first kappa shape index (κ1) is 14.1. The number of hydrogen-bond acceptors (Lipinski definition) is 4. The van der Waals surface area contributed by atoms with Gasteiger partial charge in [0, 0.05) is 22.3 Å². The van der Waals surface area contributed by atoms with Crippen LogP contribution >= 0.6 is 15.9 Å². The lowest BCUT2D eigenvalue weighted by atomic mass is 10.2. The van der Waals surface area contributed by atoms with Crippen LogP contribution < -0.4 is 5.32 Å². The highest BCUT2D eigenvalue weighted by molar-refractivity contribution is 9.10. The van der Waals surface area contributed by atoms with Crippen molar-refractivity contribution in [2.24, 2.45) is 0 Å². The van der Waals surface area contributed by atoms with Gasteiger partial charge < -0.3 is 9.73 Å². The third kappa shape index (κ3) is 3.24. The maximum atomic E-state index is 5.70. The molecule has 108 valence electrons. The zero-order chi connectivity index (χ0) is 14.8. The normalized spacial score (nSPS) is 11.2. The molecule has 0 spiro atoms. The summed E-state index contributed by atoms with van der Waals surface area (Å²) < 4.78 is 6.69. The monoisotopic (exact) mass is 345 g/mol. The number of anilines is 1. The average molecular weight is 346 g/mol. The molecule has 4 nitrogen and oxygen atoms in total. The van der Waals surface area contributed by atoms with Crippen LogP contribution in [0.25, 0.3) is 11.1 Å². The van der Waals surface area contributed by atoms with Crippen molar-refractivity contribution in [3.05, 3.63) is 52.6 Å². The van der Waals surface area contributed by atoms with Crippen LogP contribution in [-0.4, -0.2) is 9.97 Å². The van der Waals surface area contributed by atoms with Gasteiger partial charge in [-0.3, -0.25) is 4.98 Å². The summed E-state index contributed by atoms with van der Waals surface area (Å²) in [5.41, 5.74) is 3.70. The Morgan fingerprint density at radius 1 is 1.24 bits per heavy atom. The summed E-state index contributed by atoms with van der Waals surface area (Å²) in [7, 11) is 0. The molecule has 21 heavy (non-hydrogen) atoms. The Morgan fingerprint density at radius 2 is 2.10 bits per heavy atom. The van der Waals surface area contributed by atoms with Crippen LogP contribution in [0.3, 0.4) is 0 Å². The van der Waals surface area contributed by atoms with Crippen molar-refractivity contribution in [2.75, 3.05) is 5.32 Å². The first-order chi connectivity index (χ1) is 10.1. The number of aromatic nitrogens is 2. The smallest absolute Gasteiger partial charge is 0.198 e. The fourth-order valence-corrected chi connectivity index (χ4v) is 2.24.